The molecule has 0 saturated carbocycles. The predicted molar refractivity (Wildman–Crippen MR) is 79.1 cm³/mol. The van der Waals surface area contributed by atoms with Crippen molar-refractivity contribution in [3.63, 3.8) is 0 Å². The zero-order valence-corrected chi connectivity index (χ0v) is 11.6. The molecule has 0 N–H and O–H groups in total. The number of benzene rings is 2. The van der Waals surface area contributed by atoms with Gasteiger partial charge in [-0.1, -0.05) is 75.4 Å². The average Bonchev–Trinajstić information content (AvgIpc) is 2.40. The third kappa shape index (κ3) is 3.22. The first-order valence-electron chi connectivity index (χ1n) is 6.80. The van der Waals surface area contributed by atoms with Gasteiger partial charge in [-0.15, -0.1) is 0 Å². The van der Waals surface area contributed by atoms with Gasteiger partial charge in [0.2, 0.25) is 0 Å². The molecule has 0 heterocycles. The van der Waals surface area contributed by atoms with Gasteiger partial charge in [-0.3, -0.25) is 0 Å². The molecule has 0 spiro atoms. The molecule has 2 aromatic rings. The Morgan fingerprint density at radius 1 is 0.722 bits per heavy atom. The van der Waals surface area contributed by atoms with Gasteiger partial charge in [0.1, 0.15) is 0 Å². The lowest BCUT2D eigenvalue weighted by Gasteiger charge is -2.13. The summed E-state index contributed by atoms with van der Waals surface area (Å²) in [5.74, 6) is 1.19. The highest BCUT2D eigenvalue weighted by atomic mass is 14.1. The molecule has 0 saturated heterocycles. The minimum absolute atomic E-state index is 0.577. The van der Waals surface area contributed by atoms with Crippen LogP contribution in [0.2, 0.25) is 0 Å². The molecule has 0 aliphatic heterocycles. The van der Waals surface area contributed by atoms with Crippen LogP contribution in [-0.4, -0.2) is 0 Å². The quantitative estimate of drug-likeness (QED) is 0.690. The van der Waals surface area contributed by atoms with Crippen LogP contribution in [0.5, 0.6) is 0 Å². The first kappa shape index (κ1) is 12.9. The van der Waals surface area contributed by atoms with Crippen molar-refractivity contribution in [2.75, 3.05) is 0 Å². The Bertz CT molecular complexity index is 465. The van der Waals surface area contributed by atoms with E-state index in [1.54, 1.807) is 0 Å². The molecule has 1 unspecified atom stereocenters. The second-order valence-electron chi connectivity index (χ2n) is 5.41. The van der Waals surface area contributed by atoms with Crippen molar-refractivity contribution in [3.8, 4) is 0 Å². The van der Waals surface area contributed by atoms with E-state index in [-0.39, 0.29) is 0 Å². The normalized spacial score (nSPS) is 12.7. The number of hydrogen-bond donors (Lipinski definition) is 0. The van der Waals surface area contributed by atoms with E-state index < -0.39 is 0 Å². The Labute approximate surface area is 111 Å². The summed E-state index contributed by atoms with van der Waals surface area (Å²) in [5, 5.41) is 0. The summed E-state index contributed by atoms with van der Waals surface area (Å²) in [6, 6.07) is 19.8. The highest BCUT2D eigenvalue weighted by Gasteiger charge is 2.07. The van der Waals surface area contributed by atoms with E-state index in [0.29, 0.717) is 11.8 Å². The fourth-order valence-corrected chi connectivity index (χ4v) is 2.29. The van der Waals surface area contributed by atoms with Gasteiger partial charge in [0.25, 0.3) is 0 Å². The topological polar surface area (TPSA) is 0 Å². The minimum Gasteiger partial charge on any atom is -0.0622 e. The monoisotopic (exact) mass is 238 g/mol. The van der Waals surface area contributed by atoms with Crippen LogP contribution in [0.1, 0.15) is 49.3 Å². The zero-order valence-electron chi connectivity index (χ0n) is 11.6. The van der Waals surface area contributed by atoms with Crippen LogP contribution in [0.25, 0.3) is 0 Å². The molecular weight excluding hydrogens is 216 g/mol. The molecule has 0 aromatic heterocycles. The van der Waals surface area contributed by atoms with E-state index in [4.69, 9.17) is 0 Å². The van der Waals surface area contributed by atoms with Crippen LogP contribution < -0.4 is 0 Å². The molecule has 18 heavy (non-hydrogen) atoms. The Kier molecular flexibility index (Phi) is 4.19. The predicted octanol–water partition coefficient (Wildman–Crippen LogP) is 5.16. The number of hydrogen-bond acceptors (Lipinski definition) is 0. The Morgan fingerprint density at radius 3 is 1.83 bits per heavy atom. The van der Waals surface area contributed by atoms with Gasteiger partial charge in [0.15, 0.2) is 0 Å². The van der Waals surface area contributed by atoms with Gasteiger partial charge in [-0.2, -0.15) is 0 Å². The molecule has 0 amide bonds. The highest BCUT2D eigenvalue weighted by molar-refractivity contribution is 5.28. The molecule has 94 valence electrons. The maximum Gasteiger partial charge on any atom is -0.0150 e. The molecule has 0 aliphatic carbocycles. The second kappa shape index (κ2) is 5.86. The lowest BCUT2D eigenvalue weighted by molar-refractivity contribution is 0.756. The molecule has 0 fully saturated rings. The van der Waals surface area contributed by atoms with Crippen LogP contribution in [0, 0.1) is 0 Å². The third-order valence-electron chi connectivity index (χ3n) is 3.56. The standard InChI is InChI=1S/C18H22/c1-14(2)17-9-11-18(12-10-17)15(3)13-16-7-5-4-6-8-16/h4-12,14-15H,13H2,1-3H3. The van der Waals surface area contributed by atoms with Crippen molar-refractivity contribution < 1.29 is 0 Å². The van der Waals surface area contributed by atoms with Crippen LogP contribution in [0.4, 0.5) is 0 Å². The SMILES string of the molecule is CC(C)c1ccc(C(C)Cc2ccccc2)cc1. The Morgan fingerprint density at radius 2 is 1.28 bits per heavy atom. The fourth-order valence-electron chi connectivity index (χ4n) is 2.29. The molecule has 0 heteroatoms. The highest BCUT2D eigenvalue weighted by Crippen LogP contribution is 2.22. The molecular formula is C18H22. The van der Waals surface area contributed by atoms with E-state index in [1.165, 1.54) is 16.7 Å². The fraction of sp³-hybridized carbons (Fsp3) is 0.333. The van der Waals surface area contributed by atoms with Crippen molar-refractivity contribution in [2.45, 2.75) is 39.0 Å². The van der Waals surface area contributed by atoms with Crippen LogP contribution in [0.15, 0.2) is 54.6 Å². The molecule has 0 nitrogen and oxygen atoms in total. The largest absolute Gasteiger partial charge is 0.0622 e. The van der Waals surface area contributed by atoms with Gasteiger partial charge >= 0.3 is 0 Å². The minimum atomic E-state index is 0.577. The smallest absolute Gasteiger partial charge is 0.0150 e. The maximum atomic E-state index is 2.30. The van der Waals surface area contributed by atoms with E-state index in [2.05, 4.69) is 75.4 Å². The molecule has 1 atom stereocenters. The maximum absolute atomic E-state index is 2.30. The average molecular weight is 238 g/mol. The molecule has 0 bridgehead atoms. The zero-order chi connectivity index (χ0) is 13.0. The third-order valence-corrected chi connectivity index (χ3v) is 3.56. The molecule has 2 aromatic carbocycles. The van der Waals surface area contributed by atoms with Gasteiger partial charge in [-0.25, -0.2) is 0 Å². The molecule has 2 rings (SSSR count). The number of rotatable bonds is 4. The Hall–Kier alpha value is -1.56. The second-order valence-corrected chi connectivity index (χ2v) is 5.41. The lowest BCUT2D eigenvalue weighted by Crippen LogP contribution is -1.99. The summed E-state index contributed by atoms with van der Waals surface area (Å²) in [6.45, 7) is 6.78. The van der Waals surface area contributed by atoms with Crippen LogP contribution >= 0.6 is 0 Å². The first-order chi connectivity index (χ1) is 8.66. The van der Waals surface area contributed by atoms with Crippen LogP contribution in [-0.2, 0) is 6.42 Å². The van der Waals surface area contributed by atoms with Gasteiger partial charge in [-0.05, 0) is 34.9 Å². The van der Waals surface area contributed by atoms with Crippen molar-refractivity contribution in [3.05, 3.63) is 71.3 Å². The van der Waals surface area contributed by atoms with Crippen molar-refractivity contribution in [1.82, 2.24) is 0 Å². The molecule has 0 radical (unpaired) electrons. The van der Waals surface area contributed by atoms with Gasteiger partial charge in [0, 0.05) is 0 Å². The lowest BCUT2D eigenvalue weighted by atomic mass is 9.92. The van der Waals surface area contributed by atoms with E-state index in [0.717, 1.165) is 6.42 Å². The van der Waals surface area contributed by atoms with E-state index in [1.807, 2.05) is 0 Å². The summed E-state index contributed by atoms with van der Waals surface area (Å²) < 4.78 is 0. The molecule has 0 aliphatic rings. The summed E-state index contributed by atoms with van der Waals surface area (Å²) in [5.41, 5.74) is 4.27. The van der Waals surface area contributed by atoms with Crippen molar-refractivity contribution >= 4 is 0 Å². The van der Waals surface area contributed by atoms with Crippen LogP contribution in [0.3, 0.4) is 0 Å². The van der Waals surface area contributed by atoms with Crippen molar-refractivity contribution in [1.29, 1.82) is 0 Å². The summed E-state index contributed by atoms with van der Waals surface area (Å²) in [6.07, 6.45) is 1.11. The van der Waals surface area contributed by atoms with Gasteiger partial charge in [0.05, 0.1) is 0 Å². The van der Waals surface area contributed by atoms with Crippen molar-refractivity contribution in [2.24, 2.45) is 0 Å². The summed E-state index contributed by atoms with van der Waals surface area (Å²) in [7, 11) is 0. The van der Waals surface area contributed by atoms with E-state index >= 15 is 0 Å². The summed E-state index contributed by atoms with van der Waals surface area (Å²) in [4.78, 5) is 0. The van der Waals surface area contributed by atoms with E-state index in [9.17, 15) is 0 Å². The first-order valence-corrected chi connectivity index (χ1v) is 6.80. The summed E-state index contributed by atoms with van der Waals surface area (Å²) >= 11 is 0. The van der Waals surface area contributed by atoms with Gasteiger partial charge < -0.3 is 0 Å². The Balaban J connectivity index is 2.07.